The number of benzene rings is 1. The van der Waals surface area contributed by atoms with Gasteiger partial charge in [0.15, 0.2) is 0 Å². The third-order valence-corrected chi connectivity index (χ3v) is 4.28. The zero-order valence-corrected chi connectivity index (χ0v) is 12.0. The van der Waals surface area contributed by atoms with Crippen molar-refractivity contribution >= 4 is 5.91 Å². The fraction of sp³-hybridized carbons (Fsp3) is 0.562. The second-order valence-corrected chi connectivity index (χ2v) is 5.99. The summed E-state index contributed by atoms with van der Waals surface area (Å²) < 4.78 is 43.5. The Bertz CT molecular complexity index is 553. The minimum absolute atomic E-state index is 0.0315. The summed E-state index contributed by atoms with van der Waals surface area (Å²) in [6.07, 6.45) is -1.91. The van der Waals surface area contributed by atoms with Gasteiger partial charge in [0.2, 0.25) is 5.91 Å². The molecule has 120 valence electrons. The van der Waals surface area contributed by atoms with E-state index in [4.69, 9.17) is 4.74 Å². The molecule has 22 heavy (non-hydrogen) atoms. The van der Waals surface area contributed by atoms with Crippen LogP contribution in [0.4, 0.5) is 13.2 Å². The first kappa shape index (κ1) is 15.3. The molecule has 0 aromatic heterocycles. The molecule has 1 saturated heterocycles. The van der Waals surface area contributed by atoms with Crippen LogP contribution in [0.5, 0.6) is 0 Å². The first-order valence-electron chi connectivity index (χ1n) is 7.50. The standard InChI is InChI=1S/C16H18F3NO2/c17-16(18,19)11-4-1-3-10(7-11)13-8-14(13)15(21)20-12-5-2-6-22-9-12/h1,3-4,7,12-14H,2,5-6,8-9H2,(H,20,21)/t12-,13+,14+/m1/s1. The molecule has 2 fully saturated rings. The summed E-state index contributed by atoms with van der Waals surface area (Å²) in [6, 6.07) is 5.31. The van der Waals surface area contributed by atoms with E-state index in [-0.39, 0.29) is 23.8 Å². The molecule has 1 saturated carbocycles. The molecule has 1 N–H and O–H groups in total. The van der Waals surface area contributed by atoms with Gasteiger partial charge in [0.1, 0.15) is 0 Å². The minimum Gasteiger partial charge on any atom is -0.379 e. The van der Waals surface area contributed by atoms with Crippen molar-refractivity contribution in [1.29, 1.82) is 0 Å². The summed E-state index contributed by atoms with van der Waals surface area (Å²) in [5.74, 6) is -0.393. The van der Waals surface area contributed by atoms with Gasteiger partial charge in [-0.05, 0) is 36.8 Å². The van der Waals surface area contributed by atoms with E-state index in [1.807, 2.05) is 0 Å². The van der Waals surface area contributed by atoms with Crippen molar-refractivity contribution in [2.24, 2.45) is 5.92 Å². The number of hydrogen-bond acceptors (Lipinski definition) is 2. The van der Waals surface area contributed by atoms with E-state index in [9.17, 15) is 18.0 Å². The van der Waals surface area contributed by atoms with E-state index in [1.54, 1.807) is 6.07 Å². The maximum Gasteiger partial charge on any atom is 0.416 e. The fourth-order valence-electron chi connectivity index (χ4n) is 2.96. The minimum atomic E-state index is -4.35. The highest BCUT2D eigenvalue weighted by atomic mass is 19.4. The SMILES string of the molecule is O=C(N[C@@H]1CCCOC1)[C@H]1C[C@H]1c1cccc(C(F)(F)F)c1. The molecule has 1 aliphatic carbocycles. The van der Waals surface area contributed by atoms with E-state index in [0.717, 1.165) is 31.6 Å². The van der Waals surface area contributed by atoms with Crippen LogP contribution in [-0.4, -0.2) is 25.2 Å². The highest BCUT2D eigenvalue weighted by Crippen LogP contribution is 2.48. The number of hydrogen-bond donors (Lipinski definition) is 1. The van der Waals surface area contributed by atoms with Crippen LogP contribution in [0.2, 0.25) is 0 Å². The molecular formula is C16H18F3NO2. The van der Waals surface area contributed by atoms with Crippen molar-refractivity contribution in [1.82, 2.24) is 5.32 Å². The van der Waals surface area contributed by atoms with Crippen LogP contribution in [0.1, 0.15) is 36.3 Å². The molecule has 3 atom stereocenters. The van der Waals surface area contributed by atoms with Crippen LogP contribution < -0.4 is 5.32 Å². The summed E-state index contributed by atoms with van der Waals surface area (Å²) in [5.41, 5.74) is -0.0633. The lowest BCUT2D eigenvalue weighted by Crippen LogP contribution is -2.41. The highest BCUT2D eigenvalue weighted by molar-refractivity contribution is 5.83. The third-order valence-electron chi connectivity index (χ3n) is 4.28. The number of amides is 1. The molecule has 0 bridgehead atoms. The van der Waals surface area contributed by atoms with Crippen molar-refractivity contribution in [3.63, 3.8) is 0 Å². The normalized spacial score (nSPS) is 28.2. The molecule has 2 aliphatic rings. The highest BCUT2D eigenvalue weighted by Gasteiger charge is 2.45. The van der Waals surface area contributed by atoms with E-state index in [0.29, 0.717) is 18.6 Å². The maximum atomic E-state index is 12.7. The molecule has 1 amide bonds. The number of carbonyl (C=O) groups is 1. The lowest BCUT2D eigenvalue weighted by Gasteiger charge is -2.23. The molecular weight excluding hydrogens is 295 g/mol. The largest absolute Gasteiger partial charge is 0.416 e. The van der Waals surface area contributed by atoms with Crippen molar-refractivity contribution in [2.45, 2.75) is 37.4 Å². The van der Waals surface area contributed by atoms with Crippen LogP contribution in [0, 0.1) is 5.92 Å². The van der Waals surface area contributed by atoms with Crippen LogP contribution in [0.25, 0.3) is 0 Å². The summed E-state index contributed by atoms with van der Waals surface area (Å²) in [6.45, 7) is 1.25. The van der Waals surface area contributed by atoms with Crippen molar-refractivity contribution < 1.29 is 22.7 Å². The molecule has 0 radical (unpaired) electrons. The molecule has 3 rings (SSSR count). The second-order valence-electron chi connectivity index (χ2n) is 5.99. The van der Waals surface area contributed by atoms with Crippen LogP contribution >= 0.6 is 0 Å². The Labute approximate surface area is 126 Å². The first-order valence-corrected chi connectivity index (χ1v) is 7.50. The average Bonchev–Trinajstić information content (AvgIpc) is 3.28. The van der Waals surface area contributed by atoms with E-state index < -0.39 is 11.7 Å². The molecule has 1 aromatic rings. The Kier molecular flexibility index (Phi) is 4.12. The number of carbonyl (C=O) groups excluding carboxylic acids is 1. The number of nitrogens with one attached hydrogen (secondary N) is 1. The van der Waals surface area contributed by atoms with Gasteiger partial charge >= 0.3 is 6.18 Å². The van der Waals surface area contributed by atoms with Gasteiger partial charge in [-0.25, -0.2) is 0 Å². The van der Waals surface area contributed by atoms with Crippen molar-refractivity contribution in [2.75, 3.05) is 13.2 Å². The van der Waals surface area contributed by atoms with Crippen molar-refractivity contribution in [3.8, 4) is 0 Å². The monoisotopic (exact) mass is 313 g/mol. The smallest absolute Gasteiger partial charge is 0.379 e. The molecule has 1 aliphatic heterocycles. The second kappa shape index (κ2) is 5.91. The van der Waals surface area contributed by atoms with Gasteiger partial charge in [0.05, 0.1) is 18.2 Å². The quantitative estimate of drug-likeness (QED) is 0.931. The fourth-order valence-corrected chi connectivity index (χ4v) is 2.96. The lowest BCUT2D eigenvalue weighted by molar-refractivity contribution is -0.137. The van der Waals surface area contributed by atoms with Gasteiger partial charge < -0.3 is 10.1 Å². The van der Waals surface area contributed by atoms with E-state index >= 15 is 0 Å². The van der Waals surface area contributed by atoms with E-state index in [1.165, 1.54) is 6.07 Å². The summed E-state index contributed by atoms with van der Waals surface area (Å²) in [4.78, 5) is 12.2. The van der Waals surface area contributed by atoms with Gasteiger partial charge in [-0.3, -0.25) is 4.79 Å². The zero-order valence-electron chi connectivity index (χ0n) is 12.0. The van der Waals surface area contributed by atoms with Gasteiger partial charge in [-0.2, -0.15) is 13.2 Å². The zero-order chi connectivity index (χ0) is 15.7. The molecule has 6 heteroatoms. The molecule has 3 nitrogen and oxygen atoms in total. The summed E-state index contributed by atoms with van der Waals surface area (Å²) in [5, 5.41) is 2.94. The Morgan fingerprint density at radius 2 is 2.14 bits per heavy atom. The van der Waals surface area contributed by atoms with Gasteiger partial charge in [-0.1, -0.05) is 18.2 Å². The van der Waals surface area contributed by atoms with Gasteiger partial charge in [0.25, 0.3) is 0 Å². The maximum absolute atomic E-state index is 12.7. The first-order chi connectivity index (χ1) is 10.4. The predicted molar refractivity (Wildman–Crippen MR) is 74.3 cm³/mol. The molecule has 0 spiro atoms. The van der Waals surface area contributed by atoms with Crippen LogP contribution in [0.3, 0.4) is 0 Å². The number of alkyl halides is 3. The van der Waals surface area contributed by atoms with Crippen LogP contribution in [-0.2, 0) is 15.7 Å². The van der Waals surface area contributed by atoms with Gasteiger partial charge in [0, 0.05) is 12.5 Å². The van der Waals surface area contributed by atoms with E-state index in [2.05, 4.69) is 5.32 Å². The summed E-state index contributed by atoms with van der Waals surface area (Å²) in [7, 11) is 0. The topological polar surface area (TPSA) is 38.3 Å². The number of ether oxygens (including phenoxy) is 1. The third kappa shape index (κ3) is 3.43. The van der Waals surface area contributed by atoms with Crippen molar-refractivity contribution in [3.05, 3.63) is 35.4 Å². The number of halogens is 3. The summed E-state index contributed by atoms with van der Waals surface area (Å²) >= 11 is 0. The Morgan fingerprint density at radius 1 is 1.32 bits per heavy atom. The predicted octanol–water partition coefficient (Wildman–Crippen LogP) is 3.10. The average molecular weight is 313 g/mol. The van der Waals surface area contributed by atoms with Crippen LogP contribution in [0.15, 0.2) is 24.3 Å². The molecule has 1 heterocycles. The molecule has 0 unspecified atom stereocenters. The number of rotatable bonds is 3. The Morgan fingerprint density at radius 3 is 2.82 bits per heavy atom. The van der Waals surface area contributed by atoms with Gasteiger partial charge in [-0.15, -0.1) is 0 Å². The Hall–Kier alpha value is -1.56. The lowest BCUT2D eigenvalue weighted by atomic mass is 10.0. The molecule has 1 aromatic carbocycles. The Balaban J connectivity index is 1.60.